The van der Waals surface area contributed by atoms with E-state index in [1.165, 1.54) is 22.3 Å². The molecule has 0 spiro atoms. The van der Waals surface area contributed by atoms with Gasteiger partial charge in [-0.1, -0.05) is 6.07 Å². The van der Waals surface area contributed by atoms with Gasteiger partial charge in [0.1, 0.15) is 29.4 Å². The third-order valence-corrected chi connectivity index (χ3v) is 5.63. The van der Waals surface area contributed by atoms with Crippen molar-refractivity contribution in [2.24, 2.45) is 0 Å². The van der Waals surface area contributed by atoms with Crippen molar-refractivity contribution in [1.29, 1.82) is 0 Å². The number of hydrogen-bond donors (Lipinski definition) is 1. The van der Waals surface area contributed by atoms with E-state index in [0.717, 1.165) is 54.9 Å². The molecule has 3 aromatic heterocycles. The molecule has 178 valence electrons. The third-order valence-electron chi connectivity index (χ3n) is 5.63. The zero-order valence-corrected chi connectivity index (χ0v) is 18.7. The average molecular weight is 492 g/mol. The molecule has 0 saturated carbocycles. The number of furan rings is 1. The van der Waals surface area contributed by atoms with Crippen LogP contribution in [0.15, 0.2) is 64.1 Å². The zero-order valence-electron chi connectivity index (χ0n) is 17.9. The third kappa shape index (κ3) is 4.80. The van der Waals surface area contributed by atoms with Gasteiger partial charge in [0.25, 0.3) is 5.56 Å². The van der Waals surface area contributed by atoms with Crippen LogP contribution >= 0.6 is 12.4 Å². The van der Waals surface area contributed by atoms with Crippen molar-refractivity contribution in [3.05, 3.63) is 87.8 Å². The van der Waals surface area contributed by atoms with Gasteiger partial charge < -0.3 is 14.5 Å². The number of benzene rings is 1. The van der Waals surface area contributed by atoms with Crippen molar-refractivity contribution in [2.45, 2.75) is 25.6 Å². The van der Waals surface area contributed by atoms with Crippen molar-refractivity contribution >= 4 is 23.4 Å². The average Bonchev–Trinajstić information content (AvgIpc) is 2.97. The van der Waals surface area contributed by atoms with Gasteiger partial charge in [-0.25, -0.2) is 0 Å². The molecule has 4 aromatic rings. The van der Waals surface area contributed by atoms with Crippen LogP contribution < -0.4 is 15.6 Å². The van der Waals surface area contributed by atoms with Gasteiger partial charge in [-0.05, 0) is 37.2 Å². The normalized spacial score (nSPS) is 13.7. The molecule has 1 aliphatic heterocycles. The number of fused-ring (bicyclic) bond motifs is 3. The minimum Gasteiger partial charge on any atom is -0.489 e. The molecule has 6 nitrogen and oxygen atoms in total. The molecule has 0 atom stereocenters. The number of nitrogens with zero attached hydrogens (tertiary/aromatic N) is 2. The van der Waals surface area contributed by atoms with E-state index in [4.69, 9.17) is 9.15 Å². The van der Waals surface area contributed by atoms with Gasteiger partial charge in [-0.2, -0.15) is 13.2 Å². The highest BCUT2D eigenvalue weighted by Crippen LogP contribution is 2.30. The topological polar surface area (TPSA) is 69.3 Å². The molecule has 4 heterocycles. The largest absolute Gasteiger partial charge is 0.489 e. The molecule has 1 aromatic carbocycles. The molecule has 1 N–H and O–H groups in total. The summed E-state index contributed by atoms with van der Waals surface area (Å²) in [5, 5.41) is 4.42. The Labute approximate surface area is 198 Å². The summed E-state index contributed by atoms with van der Waals surface area (Å²) in [6.07, 6.45) is -0.0395. The number of pyridine rings is 2. The van der Waals surface area contributed by atoms with E-state index in [1.54, 1.807) is 12.3 Å². The molecule has 0 unspecified atom stereocenters. The van der Waals surface area contributed by atoms with Crippen LogP contribution in [-0.2, 0) is 25.6 Å². The summed E-state index contributed by atoms with van der Waals surface area (Å²) in [7, 11) is 0. The maximum absolute atomic E-state index is 12.7. The second-order valence-corrected chi connectivity index (χ2v) is 7.84. The van der Waals surface area contributed by atoms with E-state index in [9.17, 15) is 18.0 Å². The minimum atomic E-state index is -4.49. The number of rotatable bonds is 4. The van der Waals surface area contributed by atoms with Crippen LogP contribution in [0.4, 0.5) is 13.2 Å². The highest BCUT2D eigenvalue weighted by molar-refractivity contribution is 5.85. The minimum absolute atomic E-state index is 0. The molecule has 34 heavy (non-hydrogen) atoms. The lowest BCUT2D eigenvalue weighted by Gasteiger charge is -2.10. The number of ether oxygens (including phenoxy) is 1. The van der Waals surface area contributed by atoms with E-state index < -0.39 is 11.9 Å². The molecular formula is C24H21ClF3N3O3. The maximum atomic E-state index is 12.7. The molecule has 10 heteroatoms. The number of halogens is 4. The Kier molecular flexibility index (Phi) is 6.67. The van der Waals surface area contributed by atoms with Crippen molar-refractivity contribution in [2.75, 3.05) is 13.1 Å². The van der Waals surface area contributed by atoms with Gasteiger partial charge in [0, 0.05) is 54.0 Å². The van der Waals surface area contributed by atoms with Crippen molar-refractivity contribution in [3.63, 3.8) is 0 Å². The standard InChI is InChI=1S/C24H20F3N3O3.ClH/c25-24(26,27)22-4-1-15(13-29-22)14-32-17-7-10-30(23(31)12-17)16-2-3-18-19-5-8-28-9-6-20(19)33-21(18)11-16;/h1-4,7,10-13,28H,5-6,8-9,14H2;1H. The zero-order chi connectivity index (χ0) is 23.0. The first-order valence-electron chi connectivity index (χ1n) is 10.5. The number of alkyl halides is 3. The van der Waals surface area contributed by atoms with Crippen LogP contribution in [0.2, 0.25) is 0 Å². The fourth-order valence-electron chi connectivity index (χ4n) is 3.96. The molecule has 1 aliphatic rings. The first-order chi connectivity index (χ1) is 15.9. The number of nitrogens with one attached hydrogen (secondary N) is 1. The van der Waals surface area contributed by atoms with Crippen LogP contribution in [-0.4, -0.2) is 22.6 Å². The summed E-state index contributed by atoms with van der Waals surface area (Å²) in [6, 6.07) is 10.9. The lowest BCUT2D eigenvalue weighted by atomic mass is 10.1. The summed E-state index contributed by atoms with van der Waals surface area (Å²) in [6.45, 7) is 1.78. The van der Waals surface area contributed by atoms with Gasteiger partial charge in [0.15, 0.2) is 0 Å². The van der Waals surface area contributed by atoms with Gasteiger partial charge in [-0.15, -0.1) is 12.4 Å². The Morgan fingerprint density at radius 2 is 1.91 bits per heavy atom. The number of hydrogen-bond acceptors (Lipinski definition) is 5. The molecule has 0 radical (unpaired) electrons. The van der Waals surface area contributed by atoms with Crippen LogP contribution in [0.3, 0.4) is 0 Å². The van der Waals surface area contributed by atoms with E-state index >= 15 is 0 Å². The Bertz CT molecular complexity index is 1360. The Hall–Kier alpha value is -3.30. The predicted octanol–water partition coefficient (Wildman–Crippen LogP) is 4.69. The monoisotopic (exact) mass is 491 g/mol. The van der Waals surface area contributed by atoms with Crippen LogP contribution in [0.5, 0.6) is 5.75 Å². The van der Waals surface area contributed by atoms with Crippen molar-refractivity contribution in [1.82, 2.24) is 14.9 Å². The van der Waals surface area contributed by atoms with Crippen LogP contribution in [0.1, 0.15) is 22.6 Å². The fraction of sp³-hybridized carbons (Fsp3) is 0.250. The van der Waals surface area contributed by atoms with Gasteiger partial charge >= 0.3 is 6.18 Å². The first-order valence-corrected chi connectivity index (χ1v) is 10.5. The summed E-state index contributed by atoms with van der Waals surface area (Å²) >= 11 is 0. The molecule has 5 rings (SSSR count). The summed E-state index contributed by atoms with van der Waals surface area (Å²) in [5.41, 5.74) is 1.85. The lowest BCUT2D eigenvalue weighted by molar-refractivity contribution is -0.141. The molecule has 0 aliphatic carbocycles. The molecule has 0 amide bonds. The summed E-state index contributed by atoms with van der Waals surface area (Å²) < 4.78 is 51.0. The van der Waals surface area contributed by atoms with E-state index in [0.29, 0.717) is 17.0 Å². The second-order valence-electron chi connectivity index (χ2n) is 7.84. The van der Waals surface area contributed by atoms with E-state index in [-0.39, 0.29) is 24.6 Å². The summed E-state index contributed by atoms with van der Waals surface area (Å²) in [4.78, 5) is 16.1. The maximum Gasteiger partial charge on any atom is 0.433 e. The van der Waals surface area contributed by atoms with Crippen molar-refractivity contribution in [3.8, 4) is 11.4 Å². The highest BCUT2D eigenvalue weighted by Gasteiger charge is 2.32. The van der Waals surface area contributed by atoms with Crippen molar-refractivity contribution < 1.29 is 22.3 Å². The van der Waals surface area contributed by atoms with Crippen LogP contribution in [0, 0.1) is 0 Å². The van der Waals surface area contributed by atoms with E-state index in [1.807, 2.05) is 18.2 Å². The Balaban J connectivity index is 0.00000274. The number of aromatic nitrogens is 2. The van der Waals surface area contributed by atoms with Gasteiger partial charge in [0.05, 0.1) is 5.69 Å². The van der Waals surface area contributed by atoms with Gasteiger partial charge in [0.2, 0.25) is 0 Å². The Morgan fingerprint density at radius 3 is 2.65 bits per heavy atom. The summed E-state index contributed by atoms with van der Waals surface area (Å²) in [5.74, 6) is 1.30. The molecule has 0 fully saturated rings. The Morgan fingerprint density at radius 1 is 1.09 bits per heavy atom. The second kappa shape index (κ2) is 9.52. The first kappa shape index (κ1) is 23.8. The fourth-order valence-corrected chi connectivity index (χ4v) is 3.96. The quantitative estimate of drug-likeness (QED) is 0.448. The lowest BCUT2D eigenvalue weighted by Crippen LogP contribution is -2.17. The van der Waals surface area contributed by atoms with E-state index in [2.05, 4.69) is 10.3 Å². The smallest absolute Gasteiger partial charge is 0.433 e. The molecule has 0 bridgehead atoms. The molecular weight excluding hydrogens is 471 g/mol. The van der Waals surface area contributed by atoms with Gasteiger partial charge in [-0.3, -0.25) is 14.3 Å². The highest BCUT2D eigenvalue weighted by atomic mass is 35.5. The SMILES string of the molecule is Cl.O=c1cc(OCc2ccc(C(F)(F)F)nc2)ccn1-c1ccc2c3c(oc2c1)CCNCC3. The molecule has 0 saturated heterocycles. The van der Waals surface area contributed by atoms with Crippen LogP contribution in [0.25, 0.3) is 16.7 Å². The predicted molar refractivity (Wildman–Crippen MR) is 123 cm³/mol.